The van der Waals surface area contributed by atoms with Gasteiger partial charge in [0.05, 0.1) is 20.6 Å². The van der Waals surface area contributed by atoms with Crippen LogP contribution < -0.4 is 5.32 Å². The van der Waals surface area contributed by atoms with Gasteiger partial charge in [-0.2, -0.15) is 0 Å². The van der Waals surface area contributed by atoms with Gasteiger partial charge in [-0.15, -0.1) is 0 Å². The lowest BCUT2D eigenvalue weighted by Crippen LogP contribution is -2.19. The number of hydrogen-bond donors (Lipinski definition) is 1. The summed E-state index contributed by atoms with van der Waals surface area (Å²) in [4.78, 5) is 16.8. The third-order valence-electron chi connectivity index (χ3n) is 2.84. The molecule has 0 aliphatic carbocycles. The third kappa shape index (κ3) is 3.21. The van der Waals surface area contributed by atoms with E-state index in [4.69, 9.17) is 27.6 Å². The first kappa shape index (κ1) is 15.2. The van der Waals surface area contributed by atoms with Crippen molar-refractivity contribution in [1.29, 1.82) is 0 Å². The van der Waals surface area contributed by atoms with Gasteiger partial charge in [0.2, 0.25) is 0 Å². The minimum atomic E-state index is -0.226. The maximum atomic E-state index is 12.0. The molecule has 1 aliphatic heterocycles. The van der Waals surface area contributed by atoms with Crippen LogP contribution in [0, 0.1) is 6.92 Å². The highest BCUT2D eigenvalue weighted by Crippen LogP contribution is 2.34. The highest BCUT2D eigenvalue weighted by molar-refractivity contribution is 8.18. The number of nitrogens with one attached hydrogen (secondary N) is 1. The molecule has 22 heavy (non-hydrogen) atoms. The summed E-state index contributed by atoms with van der Waals surface area (Å²) in [5, 5.41) is 3.91. The normalized spacial score (nSPS) is 18.2. The summed E-state index contributed by atoms with van der Waals surface area (Å²) in [5.74, 6) is 1.18. The Labute approximate surface area is 141 Å². The van der Waals surface area contributed by atoms with Crippen LogP contribution in [0.2, 0.25) is 10.0 Å². The standard InChI is InChI=1S/C15H10Cl2N2O2S/c1-8-5-6-9(21-8)7-12-14(20)19-15(22-12)18-11-4-2-3-10(16)13(11)17/h2-7H,1H3,(H,18,19,20)/b12-7-. The lowest BCUT2D eigenvalue weighted by Gasteiger charge is -2.00. The molecular formula is C15H10Cl2N2O2S. The summed E-state index contributed by atoms with van der Waals surface area (Å²) in [6.07, 6.45) is 1.68. The van der Waals surface area contributed by atoms with Crippen molar-refractivity contribution in [3.63, 3.8) is 0 Å². The number of thioether (sulfide) groups is 1. The summed E-state index contributed by atoms with van der Waals surface area (Å²) in [5.41, 5.74) is 0.507. The van der Waals surface area contributed by atoms with Crippen molar-refractivity contribution in [2.45, 2.75) is 6.92 Å². The molecule has 0 unspecified atom stereocenters. The fourth-order valence-electron chi connectivity index (χ4n) is 1.83. The average Bonchev–Trinajstić information content (AvgIpc) is 3.02. The van der Waals surface area contributed by atoms with Crippen molar-refractivity contribution in [2.75, 3.05) is 0 Å². The number of rotatable bonds is 2. The van der Waals surface area contributed by atoms with Crippen LogP contribution >= 0.6 is 35.0 Å². The second kappa shape index (κ2) is 6.20. The van der Waals surface area contributed by atoms with E-state index in [1.807, 2.05) is 13.0 Å². The molecule has 0 saturated carbocycles. The van der Waals surface area contributed by atoms with Crippen LogP contribution in [0.1, 0.15) is 11.5 Å². The monoisotopic (exact) mass is 352 g/mol. The smallest absolute Gasteiger partial charge is 0.264 e. The minimum Gasteiger partial charge on any atom is -0.462 e. The zero-order valence-electron chi connectivity index (χ0n) is 11.4. The molecule has 1 aromatic heterocycles. The maximum absolute atomic E-state index is 12.0. The third-order valence-corrected chi connectivity index (χ3v) is 4.56. The molecule has 0 spiro atoms. The van der Waals surface area contributed by atoms with Crippen LogP contribution in [0.4, 0.5) is 5.69 Å². The first-order chi connectivity index (χ1) is 10.5. The van der Waals surface area contributed by atoms with Gasteiger partial charge in [0.1, 0.15) is 11.5 Å². The molecule has 0 bridgehead atoms. The topological polar surface area (TPSA) is 54.6 Å². The molecular weight excluding hydrogens is 343 g/mol. The number of nitrogens with zero attached hydrogens (tertiary/aromatic N) is 1. The Kier molecular flexibility index (Phi) is 4.29. The quantitative estimate of drug-likeness (QED) is 0.790. The van der Waals surface area contributed by atoms with E-state index in [-0.39, 0.29) is 5.91 Å². The fourth-order valence-corrected chi connectivity index (χ4v) is 2.98. The zero-order valence-corrected chi connectivity index (χ0v) is 13.7. The second-order valence-electron chi connectivity index (χ2n) is 4.50. The lowest BCUT2D eigenvalue weighted by atomic mass is 10.3. The van der Waals surface area contributed by atoms with E-state index in [0.717, 1.165) is 5.76 Å². The van der Waals surface area contributed by atoms with Gasteiger partial charge in [0.25, 0.3) is 5.91 Å². The number of halogens is 2. The molecule has 2 aromatic rings. The maximum Gasteiger partial charge on any atom is 0.264 e. The van der Waals surface area contributed by atoms with Gasteiger partial charge in [-0.05, 0) is 43.0 Å². The Bertz CT molecular complexity index is 812. The molecule has 1 aromatic carbocycles. The molecule has 1 saturated heterocycles. The van der Waals surface area contributed by atoms with Crippen molar-refractivity contribution in [3.8, 4) is 0 Å². The molecule has 1 aliphatic rings. The highest BCUT2D eigenvalue weighted by atomic mass is 35.5. The van der Waals surface area contributed by atoms with E-state index in [1.165, 1.54) is 11.8 Å². The Morgan fingerprint density at radius 3 is 2.82 bits per heavy atom. The van der Waals surface area contributed by atoms with Crippen LogP contribution in [0.15, 0.2) is 44.6 Å². The van der Waals surface area contributed by atoms with E-state index >= 15 is 0 Å². The van der Waals surface area contributed by atoms with E-state index in [9.17, 15) is 4.79 Å². The zero-order chi connectivity index (χ0) is 15.7. The number of benzene rings is 1. The molecule has 4 nitrogen and oxygen atoms in total. The molecule has 112 valence electrons. The van der Waals surface area contributed by atoms with Crippen molar-refractivity contribution in [2.24, 2.45) is 4.99 Å². The molecule has 7 heteroatoms. The van der Waals surface area contributed by atoms with E-state index in [2.05, 4.69) is 10.3 Å². The fraction of sp³-hybridized carbons (Fsp3) is 0.0667. The highest BCUT2D eigenvalue weighted by Gasteiger charge is 2.24. The van der Waals surface area contributed by atoms with Gasteiger partial charge in [-0.25, -0.2) is 4.99 Å². The molecule has 1 N–H and O–H groups in total. The van der Waals surface area contributed by atoms with Crippen molar-refractivity contribution in [1.82, 2.24) is 5.32 Å². The first-order valence-corrected chi connectivity index (χ1v) is 7.90. The van der Waals surface area contributed by atoms with Gasteiger partial charge in [0.15, 0.2) is 5.17 Å². The number of carbonyl (C=O) groups excluding carboxylic acids is 1. The number of aryl methyl sites for hydroxylation is 1. The number of carbonyl (C=O) groups is 1. The molecule has 0 atom stereocenters. The summed E-state index contributed by atoms with van der Waals surface area (Å²) in [6.45, 7) is 1.85. The molecule has 1 fully saturated rings. The SMILES string of the molecule is Cc1ccc(/C=C2\SC(=Nc3cccc(Cl)c3Cl)NC2=O)o1. The largest absolute Gasteiger partial charge is 0.462 e. The molecule has 2 heterocycles. The summed E-state index contributed by atoms with van der Waals surface area (Å²) >= 11 is 13.3. The predicted molar refractivity (Wildman–Crippen MR) is 90.7 cm³/mol. The number of amidine groups is 1. The Hall–Kier alpha value is -1.69. The van der Waals surface area contributed by atoms with Crippen LogP contribution in [-0.4, -0.2) is 11.1 Å². The molecule has 1 amide bonds. The lowest BCUT2D eigenvalue weighted by molar-refractivity contribution is -0.115. The number of furan rings is 1. The summed E-state index contributed by atoms with van der Waals surface area (Å²) < 4.78 is 5.43. The Morgan fingerprint density at radius 1 is 1.27 bits per heavy atom. The van der Waals surface area contributed by atoms with Crippen LogP contribution in [0.25, 0.3) is 6.08 Å². The van der Waals surface area contributed by atoms with Crippen LogP contribution in [0.3, 0.4) is 0 Å². The predicted octanol–water partition coefficient (Wildman–Crippen LogP) is 4.79. The summed E-state index contributed by atoms with van der Waals surface area (Å²) in [7, 11) is 0. The van der Waals surface area contributed by atoms with Crippen molar-refractivity contribution < 1.29 is 9.21 Å². The second-order valence-corrected chi connectivity index (χ2v) is 6.32. The first-order valence-electron chi connectivity index (χ1n) is 6.33. The summed E-state index contributed by atoms with van der Waals surface area (Å²) in [6, 6.07) is 8.80. The van der Waals surface area contributed by atoms with E-state index in [1.54, 1.807) is 30.3 Å². The molecule has 0 radical (unpaired) electrons. The minimum absolute atomic E-state index is 0.226. The van der Waals surface area contributed by atoms with Gasteiger partial charge in [-0.1, -0.05) is 29.3 Å². The van der Waals surface area contributed by atoms with Crippen molar-refractivity contribution >= 4 is 57.8 Å². The van der Waals surface area contributed by atoms with Gasteiger partial charge in [0, 0.05) is 6.08 Å². The van der Waals surface area contributed by atoms with Gasteiger partial charge < -0.3 is 9.73 Å². The van der Waals surface area contributed by atoms with E-state index < -0.39 is 0 Å². The van der Waals surface area contributed by atoms with Gasteiger partial charge >= 0.3 is 0 Å². The average molecular weight is 353 g/mol. The number of hydrogen-bond acceptors (Lipinski definition) is 4. The Balaban J connectivity index is 1.87. The Morgan fingerprint density at radius 2 is 2.09 bits per heavy atom. The number of aliphatic imine (C=N–C) groups is 1. The van der Waals surface area contributed by atoms with Crippen LogP contribution in [0.5, 0.6) is 0 Å². The van der Waals surface area contributed by atoms with E-state index in [0.29, 0.717) is 31.6 Å². The van der Waals surface area contributed by atoms with Crippen molar-refractivity contribution in [3.05, 3.63) is 56.8 Å². The van der Waals surface area contributed by atoms with Gasteiger partial charge in [-0.3, -0.25) is 4.79 Å². The molecule has 3 rings (SSSR count). The number of amides is 1. The van der Waals surface area contributed by atoms with Crippen LogP contribution in [-0.2, 0) is 4.79 Å².